The van der Waals surface area contributed by atoms with Gasteiger partial charge in [-0.2, -0.15) is 0 Å². The Morgan fingerprint density at radius 2 is 1.97 bits per heavy atom. The topological polar surface area (TPSA) is 103 Å². The van der Waals surface area contributed by atoms with Crippen LogP contribution in [0.1, 0.15) is 49.4 Å². The van der Waals surface area contributed by atoms with E-state index < -0.39 is 0 Å². The molecule has 7 nitrogen and oxygen atoms in total. The molecule has 1 amide bonds. The molecule has 1 saturated carbocycles. The minimum absolute atomic E-state index is 0.0123. The lowest BCUT2D eigenvalue weighted by Gasteiger charge is -2.31. The highest BCUT2D eigenvalue weighted by atomic mass is 35.5. The molecule has 3 aromatic heterocycles. The quantitative estimate of drug-likeness (QED) is 0.202. The van der Waals surface area contributed by atoms with E-state index in [2.05, 4.69) is 44.6 Å². The van der Waals surface area contributed by atoms with Crippen LogP contribution < -0.4 is 10.6 Å². The molecule has 1 unspecified atom stereocenters. The monoisotopic (exact) mass is 517 g/mol. The predicted octanol–water partition coefficient (Wildman–Crippen LogP) is 6.41. The Morgan fingerprint density at radius 1 is 1.16 bits per heavy atom. The fourth-order valence-corrected chi connectivity index (χ4v) is 5.56. The summed E-state index contributed by atoms with van der Waals surface area (Å²) < 4.78 is 0. The van der Waals surface area contributed by atoms with Crippen LogP contribution in [0, 0.1) is 11.8 Å². The summed E-state index contributed by atoms with van der Waals surface area (Å²) in [5, 5.41) is 18.0. The molecule has 1 atom stereocenters. The molecule has 0 aliphatic heterocycles. The van der Waals surface area contributed by atoms with Crippen molar-refractivity contribution in [3.63, 3.8) is 0 Å². The molecule has 1 fully saturated rings. The smallest absolute Gasteiger partial charge is 0.255 e. The first-order valence-electron chi connectivity index (χ1n) is 12.9. The highest BCUT2D eigenvalue weighted by molar-refractivity contribution is 6.29. The molecule has 0 spiro atoms. The molecule has 37 heavy (non-hydrogen) atoms. The highest BCUT2D eigenvalue weighted by Gasteiger charge is 2.23. The summed E-state index contributed by atoms with van der Waals surface area (Å²) in [6.45, 7) is 2.77. The second-order valence-corrected chi connectivity index (χ2v) is 10.5. The lowest BCUT2D eigenvalue weighted by Crippen LogP contribution is -2.31. The number of phenols is 1. The first kappa shape index (κ1) is 25.1. The number of halogens is 1. The second kappa shape index (κ2) is 11.2. The van der Waals surface area contributed by atoms with Crippen molar-refractivity contribution in [1.82, 2.24) is 20.3 Å². The van der Waals surface area contributed by atoms with Crippen LogP contribution in [0.2, 0.25) is 5.15 Å². The van der Waals surface area contributed by atoms with Crippen LogP contribution in [0.15, 0.2) is 60.9 Å². The third-order valence-corrected chi connectivity index (χ3v) is 7.44. The second-order valence-electron chi connectivity index (χ2n) is 10.1. The van der Waals surface area contributed by atoms with Crippen LogP contribution in [0.5, 0.6) is 5.75 Å². The fourth-order valence-electron chi connectivity index (χ4n) is 5.35. The van der Waals surface area contributed by atoms with Gasteiger partial charge in [0, 0.05) is 35.9 Å². The van der Waals surface area contributed by atoms with Crippen LogP contribution in [-0.4, -0.2) is 38.6 Å². The number of carbonyl (C=O) groups is 1. The van der Waals surface area contributed by atoms with Gasteiger partial charge in [0.2, 0.25) is 0 Å². The van der Waals surface area contributed by atoms with Gasteiger partial charge in [-0.05, 0) is 85.9 Å². The number of rotatable bonds is 8. The van der Waals surface area contributed by atoms with E-state index in [1.165, 1.54) is 6.07 Å². The zero-order chi connectivity index (χ0) is 25.8. The Bertz CT molecular complexity index is 1380. The molecule has 4 aromatic rings. The predicted molar refractivity (Wildman–Crippen MR) is 148 cm³/mol. The molecule has 1 aliphatic carbocycles. The van der Waals surface area contributed by atoms with Gasteiger partial charge >= 0.3 is 0 Å². The number of nitrogens with zero attached hydrogens (tertiary/aromatic N) is 2. The maximum absolute atomic E-state index is 12.4. The van der Waals surface area contributed by atoms with Gasteiger partial charge in [-0.15, -0.1) is 0 Å². The number of hydrogen-bond acceptors (Lipinski definition) is 5. The fraction of sp³-hybridized carbons (Fsp3) is 0.345. The summed E-state index contributed by atoms with van der Waals surface area (Å²) in [5.74, 6) is 1.58. The molecule has 0 saturated heterocycles. The van der Waals surface area contributed by atoms with Crippen molar-refractivity contribution in [2.24, 2.45) is 11.8 Å². The number of anilines is 1. The van der Waals surface area contributed by atoms with Crippen LogP contribution in [-0.2, 0) is 0 Å². The number of pyridine rings is 2. The number of aromatic hydroxyl groups is 1. The molecular weight excluding hydrogens is 486 g/mol. The zero-order valence-electron chi connectivity index (χ0n) is 20.9. The third-order valence-electron chi connectivity index (χ3n) is 7.25. The van der Waals surface area contributed by atoms with Crippen LogP contribution in [0.3, 0.4) is 0 Å². The number of aromatic amines is 1. The number of hydrogen-bond donors (Lipinski definition) is 4. The maximum Gasteiger partial charge on any atom is 0.255 e. The van der Waals surface area contributed by atoms with E-state index in [-0.39, 0.29) is 11.7 Å². The number of fused-ring (bicyclic) bond motifs is 1. The van der Waals surface area contributed by atoms with E-state index >= 15 is 0 Å². The number of benzene rings is 1. The van der Waals surface area contributed by atoms with E-state index in [1.807, 2.05) is 18.3 Å². The summed E-state index contributed by atoms with van der Waals surface area (Å²) in [4.78, 5) is 24.5. The first-order chi connectivity index (χ1) is 18.0. The van der Waals surface area contributed by atoms with Gasteiger partial charge in [-0.25, -0.2) is 9.97 Å². The average Bonchev–Trinajstić information content (AvgIpc) is 3.33. The molecule has 1 aromatic carbocycles. The standard InChI is InChI=1S/C29H32ClN5O2/c1-18(16-33-29(37)23-5-2-3-7-25(23)36)13-19-8-10-21(11-9-19)34-27-15-20(14-26(30)35-27)24-17-32-28-22(24)6-4-12-31-28/h2-7,12,14-15,17-19,21,36H,8-11,13,16H2,1H3,(H,31,32)(H,33,37)(H,34,35). The van der Waals surface area contributed by atoms with E-state index in [0.29, 0.717) is 35.1 Å². The number of H-pyrrole nitrogens is 1. The van der Waals surface area contributed by atoms with Gasteiger partial charge in [0.1, 0.15) is 22.4 Å². The van der Waals surface area contributed by atoms with Crippen LogP contribution in [0.25, 0.3) is 22.2 Å². The maximum atomic E-state index is 12.4. The minimum Gasteiger partial charge on any atom is -0.507 e. The van der Waals surface area contributed by atoms with Crippen molar-refractivity contribution in [2.75, 3.05) is 11.9 Å². The van der Waals surface area contributed by atoms with E-state index in [0.717, 1.165) is 60.1 Å². The van der Waals surface area contributed by atoms with Crippen molar-refractivity contribution in [3.05, 3.63) is 71.6 Å². The lowest BCUT2D eigenvalue weighted by atomic mass is 9.81. The van der Waals surface area contributed by atoms with E-state index in [4.69, 9.17) is 11.6 Å². The van der Waals surface area contributed by atoms with Crippen LogP contribution >= 0.6 is 11.6 Å². The molecule has 192 valence electrons. The molecule has 1 aliphatic rings. The van der Waals surface area contributed by atoms with Crippen molar-refractivity contribution in [2.45, 2.75) is 45.1 Å². The van der Waals surface area contributed by atoms with Crippen molar-refractivity contribution in [3.8, 4) is 16.9 Å². The zero-order valence-corrected chi connectivity index (χ0v) is 21.6. The Morgan fingerprint density at radius 3 is 2.78 bits per heavy atom. The van der Waals surface area contributed by atoms with Gasteiger partial charge in [0.05, 0.1) is 5.56 Å². The lowest BCUT2D eigenvalue weighted by molar-refractivity contribution is 0.0942. The Kier molecular flexibility index (Phi) is 7.60. The average molecular weight is 518 g/mol. The van der Waals surface area contributed by atoms with E-state index in [9.17, 15) is 9.90 Å². The molecule has 0 radical (unpaired) electrons. The summed E-state index contributed by atoms with van der Waals surface area (Å²) in [6.07, 6.45) is 9.23. The number of amides is 1. The van der Waals surface area contributed by atoms with Crippen LogP contribution in [0.4, 0.5) is 5.82 Å². The SMILES string of the molecule is CC(CNC(=O)c1ccccc1O)CC1CCC(Nc2cc(-c3c[nH]c4ncccc34)cc(Cl)n2)CC1. The van der Waals surface area contributed by atoms with Crippen molar-refractivity contribution in [1.29, 1.82) is 0 Å². The third kappa shape index (κ3) is 6.05. The Balaban J connectivity index is 1.12. The van der Waals surface area contributed by atoms with Crippen molar-refractivity contribution < 1.29 is 9.90 Å². The summed E-state index contributed by atoms with van der Waals surface area (Å²) >= 11 is 6.40. The molecule has 0 bridgehead atoms. The van der Waals surface area contributed by atoms with Gasteiger partial charge in [0.25, 0.3) is 5.91 Å². The number of phenolic OH excluding ortho intramolecular Hbond substituents is 1. The molecule has 3 heterocycles. The molecular formula is C29H32ClN5O2. The van der Waals surface area contributed by atoms with Gasteiger partial charge < -0.3 is 20.7 Å². The number of aromatic nitrogens is 3. The van der Waals surface area contributed by atoms with Gasteiger partial charge in [0.15, 0.2) is 0 Å². The Labute approximate surface area is 221 Å². The first-order valence-corrected chi connectivity index (χ1v) is 13.3. The minimum atomic E-state index is -0.227. The van der Waals surface area contributed by atoms with Crippen molar-refractivity contribution >= 4 is 34.4 Å². The number of carbonyl (C=O) groups excluding carboxylic acids is 1. The number of para-hydroxylation sites is 1. The van der Waals surface area contributed by atoms with Gasteiger partial charge in [-0.1, -0.05) is 30.7 Å². The normalized spacial score (nSPS) is 18.4. The van der Waals surface area contributed by atoms with Gasteiger partial charge in [-0.3, -0.25) is 4.79 Å². The Hall–Kier alpha value is -3.58. The largest absolute Gasteiger partial charge is 0.507 e. The molecule has 8 heteroatoms. The summed E-state index contributed by atoms with van der Waals surface area (Å²) in [7, 11) is 0. The van der Waals surface area contributed by atoms with E-state index in [1.54, 1.807) is 24.4 Å². The number of nitrogens with one attached hydrogen (secondary N) is 3. The molecule has 4 N–H and O–H groups in total. The summed E-state index contributed by atoms with van der Waals surface area (Å²) in [5.41, 5.74) is 3.24. The molecule has 5 rings (SSSR count). The summed E-state index contributed by atoms with van der Waals surface area (Å²) in [6, 6.07) is 14.9. The highest BCUT2D eigenvalue weighted by Crippen LogP contribution is 2.33.